The maximum atomic E-state index is 8.42. The fourth-order valence-corrected chi connectivity index (χ4v) is 3.34. The summed E-state index contributed by atoms with van der Waals surface area (Å²) in [6.45, 7) is 0. The fourth-order valence-electron chi connectivity index (χ4n) is 3.34. The van der Waals surface area contributed by atoms with Crippen LogP contribution in [0.25, 0.3) is 21.5 Å². The summed E-state index contributed by atoms with van der Waals surface area (Å²) >= 11 is 0. The molecule has 3 aromatic rings. The Morgan fingerprint density at radius 3 is 1.96 bits per heavy atom. The molecule has 25 heavy (non-hydrogen) atoms. The van der Waals surface area contributed by atoms with Crippen LogP contribution in [-0.2, 0) is 71.3 Å². The van der Waals surface area contributed by atoms with Gasteiger partial charge in [0.05, 0.1) is 0 Å². The Balaban J connectivity index is 0.000000754. The van der Waals surface area contributed by atoms with Crippen LogP contribution in [0.4, 0.5) is 0 Å². The molecule has 0 N–H and O–H groups in total. The van der Waals surface area contributed by atoms with Crippen molar-refractivity contribution in [3.63, 3.8) is 0 Å². The van der Waals surface area contributed by atoms with E-state index in [1.807, 2.05) is 0 Å². The second-order valence-corrected chi connectivity index (χ2v) is 5.58. The van der Waals surface area contributed by atoms with E-state index in [4.69, 9.17) is 15.1 Å². The largest absolute Gasteiger partial charge is 1.00 e. The Kier molecular flexibility index (Phi) is 11.7. The molecule has 0 spiro atoms. The molecule has 1 aliphatic rings. The SMILES string of the molecule is [O-]B([O-])[O-].[Rh+].[Rh+].[Rh+].c1ccc2c(c1)ccc1c3c(ccc12)CCCC3. The average molecular weight is 600 g/mol. The molecule has 0 fully saturated rings. The monoisotopic (exact) mass is 600 g/mol. The Morgan fingerprint density at radius 1 is 0.640 bits per heavy atom. The molecular weight excluding hydrogens is 584 g/mol. The van der Waals surface area contributed by atoms with Gasteiger partial charge in [-0.15, -0.1) is 0 Å². The molecule has 0 amide bonds. The molecule has 4 rings (SSSR count). The van der Waals surface area contributed by atoms with Crippen molar-refractivity contribution in [2.75, 3.05) is 0 Å². The van der Waals surface area contributed by atoms with Gasteiger partial charge in [0.25, 0.3) is 0 Å². The Bertz CT molecular complexity index is 809. The average Bonchev–Trinajstić information content (AvgIpc) is 2.54. The molecule has 0 heterocycles. The van der Waals surface area contributed by atoms with Crippen molar-refractivity contribution in [1.29, 1.82) is 0 Å². The van der Waals surface area contributed by atoms with Gasteiger partial charge in [-0.1, -0.05) is 48.5 Å². The number of benzene rings is 3. The Hall–Kier alpha value is -0.00494. The first-order valence-corrected chi connectivity index (χ1v) is 7.56. The van der Waals surface area contributed by atoms with Crippen LogP contribution in [-0.4, -0.2) is 7.32 Å². The normalized spacial score (nSPS) is 11.8. The Labute approximate surface area is 186 Å². The van der Waals surface area contributed by atoms with Crippen LogP contribution in [0.2, 0.25) is 0 Å². The maximum absolute atomic E-state index is 8.42. The summed E-state index contributed by atoms with van der Waals surface area (Å²) in [6, 6.07) is 18.0. The minimum absolute atomic E-state index is 0. The van der Waals surface area contributed by atoms with Gasteiger partial charge in [-0.3, -0.25) is 7.32 Å². The molecule has 1 aliphatic carbocycles. The van der Waals surface area contributed by atoms with Gasteiger partial charge in [-0.25, -0.2) is 0 Å². The summed E-state index contributed by atoms with van der Waals surface area (Å²) in [6.07, 6.45) is 5.22. The second kappa shape index (κ2) is 11.7. The number of hydrogen-bond acceptors (Lipinski definition) is 3. The van der Waals surface area contributed by atoms with Gasteiger partial charge in [0.1, 0.15) is 0 Å². The van der Waals surface area contributed by atoms with Crippen molar-refractivity contribution >= 4 is 28.9 Å². The van der Waals surface area contributed by atoms with Crippen LogP contribution < -0.4 is 15.1 Å². The van der Waals surface area contributed by atoms with Gasteiger partial charge in [-0.2, -0.15) is 0 Å². The first kappa shape index (κ1) is 25.0. The fraction of sp³-hybridized carbons (Fsp3) is 0.222. The summed E-state index contributed by atoms with van der Waals surface area (Å²) in [7, 11) is -2.92. The molecule has 0 bridgehead atoms. The van der Waals surface area contributed by atoms with E-state index >= 15 is 0 Å². The molecular formula is C18H16BO3Rh3. The zero-order valence-electron chi connectivity index (χ0n) is 13.2. The zero-order chi connectivity index (χ0) is 15.5. The third-order valence-corrected chi connectivity index (χ3v) is 4.26. The third kappa shape index (κ3) is 6.00. The summed E-state index contributed by atoms with van der Waals surface area (Å²) < 4.78 is 0. The van der Waals surface area contributed by atoms with Crippen molar-refractivity contribution < 1.29 is 73.5 Å². The van der Waals surface area contributed by atoms with E-state index < -0.39 is 7.32 Å². The number of rotatable bonds is 0. The minimum Gasteiger partial charge on any atom is -0.907 e. The standard InChI is InChI=1S/C18H16.BO3.3Rh/c1-3-7-15-13(5-1)9-11-18-16-8-4-2-6-14(16)10-12-17(15)18;2-1(3)4;;;/h1,3,5,7,9-12H,2,4,6,8H2;;;;/q;-3;3*+1. The molecule has 3 nitrogen and oxygen atoms in total. The van der Waals surface area contributed by atoms with Crippen molar-refractivity contribution in [1.82, 2.24) is 0 Å². The number of aryl methyl sites for hydroxylation is 2. The van der Waals surface area contributed by atoms with E-state index in [9.17, 15) is 0 Å². The van der Waals surface area contributed by atoms with Crippen molar-refractivity contribution in [3.05, 3.63) is 59.7 Å². The molecule has 7 heteroatoms. The first-order chi connectivity index (χ1) is 10.7. The van der Waals surface area contributed by atoms with Gasteiger partial charge < -0.3 is 15.1 Å². The molecule has 0 unspecified atom stereocenters. The molecule has 0 atom stereocenters. The molecule has 0 saturated carbocycles. The third-order valence-electron chi connectivity index (χ3n) is 4.26. The summed E-state index contributed by atoms with van der Waals surface area (Å²) in [5.74, 6) is 0. The van der Waals surface area contributed by atoms with Crippen LogP contribution in [0.1, 0.15) is 24.0 Å². The van der Waals surface area contributed by atoms with E-state index in [0.29, 0.717) is 0 Å². The zero-order valence-corrected chi connectivity index (χ0v) is 18.2. The summed E-state index contributed by atoms with van der Waals surface area (Å²) in [5.41, 5.74) is 3.17. The minimum atomic E-state index is -2.92. The molecule has 0 saturated heterocycles. The van der Waals surface area contributed by atoms with E-state index in [1.165, 1.54) is 47.2 Å². The van der Waals surface area contributed by atoms with Gasteiger partial charge >= 0.3 is 58.4 Å². The van der Waals surface area contributed by atoms with Crippen LogP contribution >= 0.6 is 0 Å². The molecule has 0 radical (unpaired) electrons. The smallest absolute Gasteiger partial charge is 0.907 e. The van der Waals surface area contributed by atoms with Crippen LogP contribution in [0, 0.1) is 0 Å². The molecule has 0 aliphatic heterocycles. The van der Waals surface area contributed by atoms with Crippen LogP contribution in [0.5, 0.6) is 0 Å². The van der Waals surface area contributed by atoms with Gasteiger partial charge in [0, 0.05) is 0 Å². The molecule has 0 aromatic heterocycles. The van der Waals surface area contributed by atoms with Gasteiger partial charge in [0.15, 0.2) is 0 Å². The summed E-state index contributed by atoms with van der Waals surface area (Å²) in [4.78, 5) is 0. The Morgan fingerprint density at radius 2 is 1.24 bits per heavy atom. The number of hydrogen-bond donors (Lipinski definition) is 0. The van der Waals surface area contributed by atoms with Gasteiger partial charge in [-0.05, 0) is 58.4 Å². The van der Waals surface area contributed by atoms with Crippen molar-refractivity contribution in [2.45, 2.75) is 25.7 Å². The van der Waals surface area contributed by atoms with E-state index in [0.717, 1.165) is 0 Å². The maximum Gasteiger partial charge on any atom is 1.00 e. The van der Waals surface area contributed by atoms with E-state index in [2.05, 4.69) is 48.5 Å². The van der Waals surface area contributed by atoms with E-state index in [-0.39, 0.29) is 58.4 Å². The quantitative estimate of drug-likeness (QED) is 0.285. The first-order valence-electron chi connectivity index (χ1n) is 7.56. The van der Waals surface area contributed by atoms with E-state index in [1.54, 1.807) is 11.1 Å². The predicted molar refractivity (Wildman–Crippen MR) is 83.9 cm³/mol. The topological polar surface area (TPSA) is 69.2 Å². The van der Waals surface area contributed by atoms with Crippen molar-refractivity contribution in [3.8, 4) is 0 Å². The summed E-state index contributed by atoms with van der Waals surface area (Å²) in [5, 5.41) is 30.9. The van der Waals surface area contributed by atoms with Crippen LogP contribution in [0.3, 0.4) is 0 Å². The predicted octanol–water partition coefficient (Wildman–Crippen LogP) is 0.917. The van der Waals surface area contributed by atoms with Gasteiger partial charge in [0.2, 0.25) is 0 Å². The van der Waals surface area contributed by atoms with Crippen molar-refractivity contribution in [2.24, 2.45) is 0 Å². The van der Waals surface area contributed by atoms with Crippen LogP contribution in [0.15, 0.2) is 48.5 Å². The second-order valence-electron chi connectivity index (χ2n) is 5.58. The number of fused-ring (bicyclic) bond motifs is 5. The molecule has 3 aromatic carbocycles. The molecule has 136 valence electrons.